The van der Waals surface area contributed by atoms with Gasteiger partial charge in [0.15, 0.2) is 0 Å². The van der Waals surface area contributed by atoms with E-state index in [4.69, 9.17) is 23.2 Å². The summed E-state index contributed by atoms with van der Waals surface area (Å²) >= 11 is 11.7. The minimum atomic E-state index is -0.171. The van der Waals surface area contributed by atoms with Crippen LogP contribution in [0.1, 0.15) is 21.9 Å². The van der Waals surface area contributed by atoms with Crippen molar-refractivity contribution in [2.24, 2.45) is 0 Å². The highest BCUT2D eigenvalue weighted by atomic mass is 35.5. The second-order valence-electron chi connectivity index (χ2n) is 4.13. The van der Waals surface area contributed by atoms with Crippen LogP contribution in [-0.4, -0.2) is 22.4 Å². The van der Waals surface area contributed by atoms with Crippen molar-refractivity contribution in [1.29, 1.82) is 0 Å². The molecular formula is C13H13Cl2N3O. The highest BCUT2D eigenvalue weighted by Gasteiger charge is 2.07. The largest absolute Gasteiger partial charge is 0.352 e. The zero-order valence-corrected chi connectivity index (χ0v) is 11.8. The lowest BCUT2D eigenvalue weighted by Gasteiger charge is -2.05. The molecule has 2 aromatic rings. The molecule has 1 heterocycles. The topological polar surface area (TPSA) is 57.8 Å². The molecule has 0 radical (unpaired) electrons. The number of nitrogens with one attached hydrogen (secondary N) is 2. The molecule has 0 atom stereocenters. The number of rotatable bonds is 4. The molecule has 0 aliphatic heterocycles. The average molecular weight is 298 g/mol. The van der Waals surface area contributed by atoms with E-state index in [-0.39, 0.29) is 5.91 Å². The fourth-order valence-electron chi connectivity index (χ4n) is 1.65. The van der Waals surface area contributed by atoms with Crippen LogP contribution in [0.15, 0.2) is 24.4 Å². The van der Waals surface area contributed by atoms with Gasteiger partial charge < -0.3 is 10.3 Å². The molecule has 2 rings (SSSR count). The highest BCUT2D eigenvalue weighted by Crippen LogP contribution is 2.22. The molecule has 0 fully saturated rings. The summed E-state index contributed by atoms with van der Waals surface area (Å²) in [5.74, 6) is 0.695. The van der Waals surface area contributed by atoms with Crippen LogP contribution in [0, 0.1) is 6.92 Å². The number of aromatic amines is 1. The van der Waals surface area contributed by atoms with E-state index in [1.54, 1.807) is 24.4 Å². The summed E-state index contributed by atoms with van der Waals surface area (Å²) < 4.78 is 0. The Morgan fingerprint density at radius 3 is 2.79 bits per heavy atom. The van der Waals surface area contributed by atoms with E-state index < -0.39 is 0 Å². The third kappa shape index (κ3) is 3.72. The lowest BCUT2D eigenvalue weighted by atomic mass is 10.2. The smallest absolute Gasteiger partial charge is 0.251 e. The van der Waals surface area contributed by atoms with Crippen molar-refractivity contribution in [2.45, 2.75) is 13.3 Å². The maximum absolute atomic E-state index is 11.9. The van der Waals surface area contributed by atoms with Crippen LogP contribution >= 0.6 is 23.2 Å². The van der Waals surface area contributed by atoms with Crippen molar-refractivity contribution < 1.29 is 4.79 Å². The van der Waals surface area contributed by atoms with Gasteiger partial charge in [0.1, 0.15) is 5.82 Å². The first-order chi connectivity index (χ1) is 9.06. The minimum absolute atomic E-state index is 0.171. The Balaban J connectivity index is 1.89. The Kier molecular flexibility index (Phi) is 4.45. The maximum atomic E-state index is 11.9. The fraction of sp³-hybridized carbons (Fsp3) is 0.231. The van der Waals surface area contributed by atoms with Gasteiger partial charge in [0.2, 0.25) is 0 Å². The summed E-state index contributed by atoms with van der Waals surface area (Å²) in [6, 6.07) is 4.81. The fourth-order valence-corrected chi connectivity index (χ4v) is 1.95. The molecule has 0 unspecified atom stereocenters. The van der Waals surface area contributed by atoms with E-state index in [0.29, 0.717) is 28.6 Å². The maximum Gasteiger partial charge on any atom is 0.251 e. The molecule has 2 N–H and O–H groups in total. The highest BCUT2D eigenvalue weighted by molar-refractivity contribution is 6.42. The molecule has 0 bridgehead atoms. The normalized spacial score (nSPS) is 10.5. The van der Waals surface area contributed by atoms with Gasteiger partial charge in [-0.15, -0.1) is 0 Å². The minimum Gasteiger partial charge on any atom is -0.352 e. The molecule has 19 heavy (non-hydrogen) atoms. The quantitative estimate of drug-likeness (QED) is 0.911. The molecular weight excluding hydrogens is 285 g/mol. The Hall–Kier alpha value is -1.52. The number of imidazole rings is 1. The lowest BCUT2D eigenvalue weighted by Crippen LogP contribution is -2.25. The van der Waals surface area contributed by atoms with Crippen LogP contribution in [0.5, 0.6) is 0 Å². The average Bonchev–Trinajstić information content (AvgIpc) is 2.78. The van der Waals surface area contributed by atoms with Crippen LogP contribution < -0.4 is 5.32 Å². The summed E-state index contributed by atoms with van der Waals surface area (Å²) in [5, 5.41) is 3.62. The molecule has 0 saturated heterocycles. The number of aryl methyl sites for hydroxylation is 1. The van der Waals surface area contributed by atoms with Crippen molar-refractivity contribution in [3.8, 4) is 0 Å². The van der Waals surface area contributed by atoms with Crippen molar-refractivity contribution in [3.63, 3.8) is 0 Å². The van der Waals surface area contributed by atoms with Crippen LogP contribution in [0.25, 0.3) is 0 Å². The Morgan fingerprint density at radius 1 is 1.37 bits per heavy atom. The first kappa shape index (κ1) is 13.9. The van der Waals surface area contributed by atoms with Gasteiger partial charge in [-0.1, -0.05) is 23.2 Å². The van der Waals surface area contributed by atoms with Gasteiger partial charge in [0.25, 0.3) is 5.91 Å². The van der Waals surface area contributed by atoms with Crippen LogP contribution in [0.4, 0.5) is 0 Å². The predicted molar refractivity (Wildman–Crippen MR) is 75.8 cm³/mol. The van der Waals surface area contributed by atoms with E-state index in [2.05, 4.69) is 15.3 Å². The monoisotopic (exact) mass is 297 g/mol. The van der Waals surface area contributed by atoms with E-state index in [1.165, 1.54) is 0 Å². The number of carbonyl (C=O) groups excluding carboxylic acids is 1. The van der Waals surface area contributed by atoms with Gasteiger partial charge in [-0.05, 0) is 25.1 Å². The van der Waals surface area contributed by atoms with E-state index in [9.17, 15) is 4.79 Å². The number of aromatic nitrogens is 2. The van der Waals surface area contributed by atoms with Crippen LogP contribution in [-0.2, 0) is 6.42 Å². The summed E-state index contributed by atoms with van der Waals surface area (Å²) in [4.78, 5) is 19.1. The first-order valence-corrected chi connectivity index (χ1v) is 6.55. The number of H-pyrrole nitrogens is 1. The third-order valence-corrected chi connectivity index (χ3v) is 3.36. The van der Waals surface area contributed by atoms with Gasteiger partial charge in [-0.2, -0.15) is 0 Å². The van der Waals surface area contributed by atoms with Crippen molar-refractivity contribution in [1.82, 2.24) is 15.3 Å². The number of halogens is 2. The molecule has 100 valence electrons. The van der Waals surface area contributed by atoms with Crippen LogP contribution in [0.3, 0.4) is 0 Å². The van der Waals surface area contributed by atoms with Gasteiger partial charge in [-0.3, -0.25) is 4.79 Å². The van der Waals surface area contributed by atoms with Crippen molar-refractivity contribution in [2.75, 3.05) is 6.54 Å². The van der Waals surface area contributed by atoms with E-state index >= 15 is 0 Å². The Bertz CT molecular complexity index is 595. The molecule has 0 aliphatic rings. The first-order valence-electron chi connectivity index (χ1n) is 5.80. The van der Waals surface area contributed by atoms with E-state index in [1.807, 2.05) is 6.92 Å². The van der Waals surface area contributed by atoms with Crippen molar-refractivity contribution in [3.05, 3.63) is 51.5 Å². The molecule has 1 aromatic carbocycles. The molecule has 0 spiro atoms. The molecule has 1 aromatic heterocycles. The SMILES string of the molecule is Cc1ncc(CCNC(=O)c2ccc(Cl)c(Cl)c2)[nH]1. The summed E-state index contributed by atoms with van der Waals surface area (Å²) in [5.41, 5.74) is 1.49. The Labute approximate surface area is 121 Å². The summed E-state index contributed by atoms with van der Waals surface area (Å²) in [7, 11) is 0. The van der Waals surface area contributed by atoms with Crippen LogP contribution in [0.2, 0.25) is 10.0 Å². The van der Waals surface area contributed by atoms with Gasteiger partial charge >= 0.3 is 0 Å². The summed E-state index contributed by atoms with van der Waals surface area (Å²) in [6.45, 7) is 2.42. The van der Waals surface area contributed by atoms with E-state index in [0.717, 1.165) is 11.5 Å². The third-order valence-electron chi connectivity index (χ3n) is 2.62. The standard InChI is InChI=1S/C13H13Cl2N3O/c1-8-17-7-10(18-8)4-5-16-13(19)9-2-3-11(14)12(15)6-9/h2-3,6-7H,4-5H2,1H3,(H,16,19)(H,17,18). The predicted octanol–water partition coefficient (Wildman–Crippen LogP) is 3.00. The number of carbonyl (C=O) groups is 1. The lowest BCUT2D eigenvalue weighted by molar-refractivity contribution is 0.0954. The second-order valence-corrected chi connectivity index (χ2v) is 4.94. The molecule has 0 aliphatic carbocycles. The number of amides is 1. The number of hydrogen-bond donors (Lipinski definition) is 2. The zero-order chi connectivity index (χ0) is 13.8. The molecule has 1 amide bonds. The van der Waals surface area contributed by atoms with Crippen molar-refractivity contribution >= 4 is 29.1 Å². The second kappa shape index (κ2) is 6.08. The molecule has 6 heteroatoms. The molecule has 0 saturated carbocycles. The van der Waals surface area contributed by atoms with Gasteiger partial charge in [0, 0.05) is 30.4 Å². The number of hydrogen-bond acceptors (Lipinski definition) is 2. The zero-order valence-electron chi connectivity index (χ0n) is 10.3. The molecule has 4 nitrogen and oxygen atoms in total. The van der Waals surface area contributed by atoms with Gasteiger partial charge in [-0.25, -0.2) is 4.98 Å². The summed E-state index contributed by atoms with van der Waals surface area (Å²) in [6.07, 6.45) is 2.47. The van der Waals surface area contributed by atoms with Gasteiger partial charge in [0.05, 0.1) is 10.0 Å². The number of nitrogens with zero attached hydrogens (tertiary/aromatic N) is 1. The number of benzene rings is 1. The Morgan fingerprint density at radius 2 is 2.16 bits per heavy atom.